The zero-order chi connectivity index (χ0) is 21.6. The fourth-order valence-electron chi connectivity index (χ4n) is 3.86. The van der Waals surface area contributed by atoms with Crippen molar-refractivity contribution in [2.24, 2.45) is 9.98 Å². The summed E-state index contributed by atoms with van der Waals surface area (Å²) in [5.74, 6) is 2.21. The molecule has 4 nitrogen and oxygen atoms in total. The Morgan fingerprint density at radius 1 is 0.581 bits per heavy atom. The molecule has 2 heterocycles. The summed E-state index contributed by atoms with van der Waals surface area (Å²) in [5.41, 5.74) is 6.26. The molecule has 0 fully saturated rings. The lowest BCUT2D eigenvalue weighted by Crippen LogP contribution is -2.27. The van der Waals surface area contributed by atoms with Crippen LogP contribution in [0.25, 0.3) is 0 Å². The second-order valence-electron chi connectivity index (χ2n) is 7.97. The minimum Gasteiger partial charge on any atom is -0.329 e. The highest BCUT2D eigenvalue weighted by Crippen LogP contribution is 2.21. The number of aliphatic imine (C=N–C) groups is 2. The summed E-state index contributed by atoms with van der Waals surface area (Å²) < 4.78 is 0. The van der Waals surface area contributed by atoms with Crippen LogP contribution in [0.1, 0.15) is 23.6 Å². The minimum absolute atomic E-state index is 0.873. The second-order valence-corrected chi connectivity index (χ2v) is 7.97. The van der Waals surface area contributed by atoms with E-state index in [4.69, 9.17) is 0 Å². The maximum atomic E-state index is 4.63. The maximum absolute atomic E-state index is 4.63. The van der Waals surface area contributed by atoms with E-state index in [2.05, 4.69) is 113 Å². The van der Waals surface area contributed by atoms with Gasteiger partial charge in [0.2, 0.25) is 0 Å². The lowest BCUT2D eigenvalue weighted by molar-refractivity contribution is 1.02. The Morgan fingerprint density at radius 3 is 1.65 bits per heavy atom. The Labute approximate surface area is 185 Å². The van der Waals surface area contributed by atoms with Gasteiger partial charge in [0, 0.05) is 30.0 Å². The number of hydrogen-bond acceptors (Lipinski definition) is 4. The number of nitrogens with zero attached hydrogens (tertiary/aromatic N) is 4. The van der Waals surface area contributed by atoms with E-state index in [1.54, 1.807) is 0 Å². The van der Waals surface area contributed by atoms with E-state index in [1.165, 1.54) is 28.1 Å². The Balaban J connectivity index is 0.000000158. The minimum atomic E-state index is 0.873. The number of benzene rings is 3. The molecule has 0 saturated carbocycles. The predicted molar refractivity (Wildman–Crippen MR) is 133 cm³/mol. The summed E-state index contributed by atoms with van der Waals surface area (Å²) in [6.07, 6.45) is 0. The SMILES string of the molecule is CC1=NCCN1c1ccc(C)cc1.Cc1ccc(N2CCN=C2c2ccccc2)cc1. The molecule has 2 aliphatic rings. The van der Waals surface area contributed by atoms with Crippen LogP contribution in [0.4, 0.5) is 11.4 Å². The van der Waals surface area contributed by atoms with Crippen LogP contribution in [0, 0.1) is 13.8 Å². The lowest BCUT2D eigenvalue weighted by Gasteiger charge is -2.20. The summed E-state index contributed by atoms with van der Waals surface area (Å²) >= 11 is 0. The van der Waals surface area contributed by atoms with Gasteiger partial charge in [-0.1, -0.05) is 65.7 Å². The lowest BCUT2D eigenvalue weighted by atomic mass is 10.1. The van der Waals surface area contributed by atoms with E-state index in [1.807, 2.05) is 6.07 Å². The molecule has 0 saturated heterocycles. The van der Waals surface area contributed by atoms with Crippen molar-refractivity contribution in [2.45, 2.75) is 20.8 Å². The third kappa shape index (κ3) is 5.02. The fraction of sp³-hybridized carbons (Fsp3) is 0.259. The molecule has 2 aliphatic heterocycles. The summed E-state index contributed by atoms with van der Waals surface area (Å²) in [5, 5.41) is 0. The van der Waals surface area contributed by atoms with Gasteiger partial charge in [0.05, 0.1) is 13.1 Å². The molecule has 3 aromatic rings. The summed E-state index contributed by atoms with van der Waals surface area (Å²) in [6.45, 7) is 10.1. The molecular formula is C27H30N4. The molecule has 31 heavy (non-hydrogen) atoms. The molecule has 0 bridgehead atoms. The number of amidine groups is 2. The normalized spacial score (nSPS) is 15.3. The van der Waals surface area contributed by atoms with Gasteiger partial charge in [-0.3, -0.25) is 9.98 Å². The van der Waals surface area contributed by atoms with Crippen molar-refractivity contribution in [2.75, 3.05) is 36.0 Å². The molecule has 0 N–H and O–H groups in total. The van der Waals surface area contributed by atoms with Crippen molar-refractivity contribution in [1.29, 1.82) is 0 Å². The maximum Gasteiger partial charge on any atom is 0.135 e. The highest BCUT2D eigenvalue weighted by atomic mass is 15.2. The molecule has 3 aromatic carbocycles. The van der Waals surface area contributed by atoms with Gasteiger partial charge in [0.15, 0.2) is 0 Å². The van der Waals surface area contributed by atoms with Crippen LogP contribution in [-0.2, 0) is 0 Å². The van der Waals surface area contributed by atoms with Crippen molar-refractivity contribution in [3.05, 3.63) is 95.6 Å². The quantitative estimate of drug-likeness (QED) is 0.571. The first kappa shape index (κ1) is 20.9. The first-order valence-corrected chi connectivity index (χ1v) is 10.9. The molecule has 0 spiro atoms. The molecular weight excluding hydrogens is 380 g/mol. The van der Waals surface area contributed by atoms with Gasteiger partial charge in [0.25, 0.3) is 0 Å². The second kappa shape index (κ2) is 9.61. The average molecular weight is 411 g/mol. The van der Waals surface area contributed by atoms with Gasteiger partial charge in [-0.25, -0.2) is 0 Å². The molecule has 5 rings (SSSR count). The highest BCUT2D eigenvalue weighted by molar-refractivity contribution is 6.11. The molecule has 0 aliphatic carbocycles. The molecule has 0 amide bonds. The monoisotopic (exact) mass is 410 g/mol. The van der Waals surface area contributed by atoms with Crippen molar-refractivity contribution in [1.82, 2.24) is 0 Å². The first-order valence-electron chi connectivity index (χ1n) is 10.9. The van der Waals surface area contributed by atoms with Crippen LogP contribution >= 0.6 is 0 Å². The van der Waals surface area contributed by atoms with Crippen molar-refractivity contribution in [3.63, 3.8) is 0 Å². The largest absolute Gasteiger partial charge is 0.329 e. The smallest absolute Gasteiger partial charge is 0.135 e. The Kier molecular flexibility index (Phi) is 6.46. The number of anilines is 2. The molecule has 0 atom stereocenters. The van der Waals surface area contributed by atoms with Gasteiger partial charge >= 0.3 is 0 Å². The van der Waals surface area contributed by atoms with E-state index in [-0.39, 0.29) is 0 Å². The molecule has 0 radical (unpaired) electrons. The van der Waals surface area contributed by atoms with Crippen LogP contribution in [0.2, 0.25) is 0 Å². The molecule has 158 valence electrons. The van der Waals surface area contributed by atoms with E-state index in [0.717, 1.165) is 37.9 Å². The zero-order valence-electron chi connectivity index (χ0n) is 18.6. The number of aryl methyl sites for hydroxylation is 2. The van der Waals surface area contributed by atoms with Crippen LogP contribution in [0.5, 0.6) is 0 Å². The van der Waals surface area contributed by atoms with Crippen LogP contribution < -0.4 is 9.80 Å². The Morgan fingerprint density at radius 2 is 1.10 bits per heavy atom. The van der Waals surface area contributed by atoms with Crippen molar-refractivity contribution < 1.29 is 0 Å². The topological polar surface area (TPSA) is 31.2 Å². The number of rotatable bonds is 3. The van der Waals surface area contributed by atoms with Gasteiger partial charge < -0.3 is 9.80 Å². The highest BCUT2D eigenvalue weighted by Gasteiger charge is 2.19. The summed E-state index contributed by atoms with van der Waals surface area (Å²) in [6, 6.07) is 27.6. The van der Waals surface area contributed by atoms with Crippen LogP contribution in [0.15, 0.2) is 88.8 Å². The number of hydrogen-bond donors (Lipinski definition) is 0. The summed E-state index contributed by atoms with van der Waals surface area (Å²) in [7, 11) is 0. The van der Waals surface area contributed by atoms with Crippen molar-refractivity contribution >= 4 is 23.0 Å². The third-order valence-corrected chi connectivity index (χ3v) is 5.62. The molecule has 0 aromatic heterocycles. The van der Waals surface area contributed by atoms with Gasteiger partial charge in [-0.2, -0.15) is 0 Å². The van der Waals surface area contributed by atoms with Gasteiger partial charge in [-0.05, 0) is 45.0 Å². The van der Waals surface area contributed by atoms with E-state index in [9.17, 15) is 0 Å². The summed E-state index contributed by atoms with van der Waals surface area (Å²) in [4.78, 5) is 13.5. The Bertz CT molecular complexity index is 1050. The van der Waals surface area contributed by atoms with Crippen LogP contribution in [0.3, 0.4) is 0 Å². The van der Waals surface area contributed by atoms with E-state index < -0.39 is 0 Å². The van der Waals surface area contributed by atoms with Crippen molar-refractivity contribution in [3.8, 4) is 0 Å². The van der Waals surface area contributed by atoms with E-state index >= 15 is 0 Å². The zero-order valence-corrected chi connectivity index (χ0v) is 18.6. The van der Waals surface area contributed by atoms with E-state index in [0.29, 0.717) is 0 Å². The van der Waals surface area contributed by atoms with Crippen LogP contribution in [-0.4, -0.2) is 37.9 Å². The average Bonchev–Trinajstić information content (AvgIpc) is 3.45. The first-order chi connectivity index (χ1) is 15.1. The van der Waals surface area contributed by atoms with Gasteiger partial charge in [-0.15, -0.1) is 0 Å². The molecule has 0 unspecified atom stereocenters. The standard InChI is InChI=1S/C16H16N2.C11H14N2/c1-13-7-9-15(10-8-13)18-12-11-17-16(18)14-5-3-2-4-6-14;1-9-3-5-11(6-4-9)13-8-7-12-10(13)2/h2-10H,11-12H2,1H3;3-6H,7-8H2,1-2H3. The predicted octanol–water partition coefficient (Wildman–Crippen LogP) is 5.50. The van der Waals surface area contributed by atoms with Gasteiger partial charge in [0.1, 0.15) is 11.7 Å². The fourth-order valence-corrected chi connectivity index (χ4v) is 3.86. The third-order valence-electron chi connectivity index (χ3n) is 5.62. The Hall–Kier alpha value is -3.40. The molecule has 4 heteroatoms.